The van der Waals surface area contributed by atoms with E-state index in [-0.39, 0.29) is 6.54 Å². The normalized spacial score (nSPS) is 20.4. The minimum absolute atomic E-state index is 0.247. The number of aliphatic carboxylic acids is 1. The quantitative estimate of drug-likeness (QED) is 0.599. The van der Waals surface area contributed by atoms with Gasteiger partial charge >= 0.3 is 5.97 Å². The number of carboxylic acids is 1. The van der Waals surface area contributed by atoms with Gasteiger partial charge in [-0.2, -0.15) is 0 Å². The molecule has 0 amide bonds. The van der Waals surface area contributed by atoms with Crippen LogP contribution in [0.25, 0.3) is 0 Å². The van der Waals surface area contributed by atoms with Gasteiger partial charge in [-0.1, -0.05) is 0 Å². The lowest BCUT2D eigenvalue weighted by molar-refractivity contribution is -0.150. The van der Waals surface area contributed by atoms with Crippen LogP contribution < -0.4 is 5.73 Å². The van der Waals surface area contributed by atoms with Crippen LogP contribution in [0.4, 0.5) is 0 Å². The van der Waals surface area contributed by atoms with E-state index in [1.54, 1.807) is 7.11 Å². The zero-order chi connectivity index (χ0) is 10.6. The summed E-state index contributed by atoms with van der Waals surface area (Å²) >= 11 is 0. The molecule has 0 aromatic heterocycles. The van der Waals surface area contributed by atoms with Gasteiger partial charge in [-0.25, -0.2) is 0 Å². The number of methoxy groups -OCH3 is 1. The van der Waals surface area contributed by atoms with E-state index in [0.717, 1.165) is 19.3 Å². The summed E-state index contributed by atoms with van der Waals surface area (Å²) in [6, 6.07) is 0. The van der Waals surface area contributed by atoms with E-state index < -0.39 is 11.4 Å². The Bertz CT molecular complexity index is 204. The molecule has 0 spiro atoms. The molecule has 1 saturated carbocycles. The molecule has 1 aliphatic rings. The highest BCUT2D eigenvalue weighted by atomic mass is 16.5. The second-order valence-corrected chi connectivity index (χ2v) is 4.04. The minimum atomic E-state index is -0.737. The Balaban J connectivity index is 2.54. The van der Waals surface area contributed by atoms with E-state index in [1.807, 2.05) is 0 Å². The average molecular weight is 201 g/mol. The Morgan fingerprint density at radius 3 is 2.64 bits per heavy atom. The fraction of sp³-hybridized carbons (Fsp3) is 0.900. The van der Waals surface area contributed by atoms with Gasteiger partial charge < -0.3 is 15.6 Å². The van der Waals surface area contributed by atoms with Gasteiger partial charge in [-0.3, -0.25) is 4.79 Å². The van der Waals surface area contributed by atoms with Gasteiger partial charge in [0.25, 0.3) is 0 Å². The van der Waals surface area contributed by atoms with E-state index in [4.69, 9.17) is 10.5 Å². The monoisotopic (exact) mass is 201 g/mol. The maximum absolute atomic E-state index is 11.2. The number of rotatable bonds is 7. The van der Waals surface area contributed by atoms with Crippen LogP contribution >= 0.6 is 0 Å². The SMILES string of the molecule is COCCCC(CN)(C(=O)O)C1CC1. The lowest BCUT2D eigenvalue weighted by Gasteiger charge is -2.27. The second kappa shape index (κ2) is 4.75. The molecule has 0 radical (unpaired) electrons. The molecule has 4 nitrogen and oxygen atoms in total. The molecule has 0 saturated heterocycles. The minimum Gasteiger partial charge on any atom is -0.481 e. The lowest BCUT2D eigenvalue weighted by atomic mass is 9.78. The predicted molar refractivity (Wildman–Crippen MR) is 53.0 cm³/mol. The van der Waals surface area contributed by atoms with E-state index >= 15 is 0 Å². The first-order valence-electron chi connectivity index (χ1n) is 5.10. The van der Waals surface area contributed by atoms with Gasteiger partial charge in [0.2, 0.25) is 0 Å². The standard InChI is InChI=1S/C10H19NO3/c1-14-6-2-5-10(7-11,9(12)13)8-3-4-8/h8H,2-7,11H2,1H3,(H,12,13). The Morgan fingerprint density at radius 1 is 1.64 bits per heavy atom. The maximum Gasteiger partial charge on any atom is 0.311 e. The lowest BCUT2D eigenvalue weighted by Crippen LogP contribution is -2.40. The summed E-state index contributed by atoms with van der Waals surface area (Å²) in [6.07, 6.45) is 3.43. The number of hydrogen-bond donors (Lipinski definition) is 2. The molecule has 0 bridgehead atoms. The van der Waals surface area contributed by atoms with Crippen LogP contribution in [0, 0.1) is 11.3 Å². The molecular formula is C10H19NO3. The third-order valence-electron chi connectivity index (χ3n) is 3.12. The summed E-state index contributed by atoms with van der Waals surface area (Å²) in [5.41, 5.74) is 4.93. The fourth-order valence-corrected chi connectivity index (χ4v) is 2.01. The van der Waals surface area contributed by atoms with Crippen molar-refractivity contribution in [1.29, 1.82) is 0 Å². The molecule has 4 heteroatoms. The Hall–Kier alpha value is -0.610. The van der Waals surface area contributed by atoms with Crippen molar-refractivity contribution in [1.82, 2.24) is 0 Å². The van der Waals surface area contributed by atoms with E-state index in [9.17, 15) is 9.90 Å². The molecule has 3 N–H and O–H groups in total. The highest BCUT2D eigenvalue weighted by Gasteiger charge is 2.49. The zero-order valence-electron chi connectivity index (χ0n) is 8.66. The summed E-state index contributed by atoms with van der Waals surface area (Å²) in [5.74, 6) is -0.444. The van der Waals surface area contributed by atoms with Crippen molar-refractivity contribution < 1.29 is 14.6 Å². The molecule has 1 rings (SSSR count). The zero-order valence-corrected chi connectivity index (χ0v) is 8.66. The molecular weight excluding hydrogens is 182 g/mol. The average Bonchev–Trinajstić information content (AvgIpc) is 2.96. The highest BCUT2D eigenvalue weighted by Crippen LogP contribution is 2.48. The van der Waals surface area contributed by atoms with Gasteiger partial charge in [-0.15, -0.1) is 0 Å². The van der Waals surface area contributed by atoms with Gasteiger partial charge in [0, 0.05) is 20.3 Å². The van der Waals surface area contributed by atoms with E-state index in [1.165, 1.54) is 0 Å². The number of carboxylic acid groups (broad SMARTS) is 1. The van der Waals surface area contributed by atoms with Crippen LogP contribution in [-0.2, 0) is 9.53 Å². The number of hydrogen-bond acceptors (Lipinski definition) is 3. The van der Waals surface area contributed by atoms with Gasteiger partial charge in [0.05, 0.1) is 5.41 Å². The molecule has 0 aromatic rings. The third-order valence-corrected chi connectivity index (χ3v) is 3.12. The molecule has 0 aromatic carbocycles. The molecule has 82 valence electrons. The van der Waals surface area contributed by atoms with Crippen LogP contribution in [-0.4, -0.2) is 31.3 Å². The topological polar surface area (TPSA) is 72.5 Å². The maximum atomic E-state index is 11.2. The van der Waals surface area contributed by atoms with Crippen molar-refractivity contribution in [2.24, 2.45) is 17.1 Å². The summed E-state index contributed by atoms with van der Waals surface area (Å²) in [6.45, 7) is 0.860. The van der Waals surface area contributed by atoms with Gasteiger partial charge in [0.1, 0.15) is 0 Å². The van der Waals surface area contributed by atoms with Gasteiger partial charge in [0.15, 0.2) is 0 Å². The Labute approximate surface area is 84.4 Å². The molecule has 1 atom stereocenters. The Morgan fingerprint density at radius 2 is 2.29 bits per heavy atom. The first-order valence-corrected chi connectivity index (χ1v) is 5.10. The van der Waals surface area contributed by atoms with E-state index in [0.29, 0.717) is 18.9 Å². The van der Waals surface area contributed by atoms with Crippen LogP contribution in [0.15, 0.2) is 0 Å². The number of nitrogens with two attached hydrogens (primary N) is 1. The van der Waals surface area contributed by atoms with Crippen molar-refractivity contribution in [2.75, 3.05) is 20.3 Å². The fourth-order valence-electron chi connectivity index (χ4n) is 2.01. The first kappa shape index (κ1) is 11.5. The molecule has 1 aliphatic carbocycles. The van der Waals surface area contributed by atoms with Gasteiger partial charge in [-0.05, 0) is 31.6 Å². The van der Waals surface area contributed by atoms with Crippen molar-refractivity contribution in [2.45, 2.75) is 25.7 Å². The highest BCUT2D eigenvalue weighted by molar-refractivity contribution is 5.75. The molecule has 14 heavy (non-hydrogen) atoms. The third kappa shape index (κ3) is 2.25. The number of carbonyl (C=O) groups is 1. The first-order chi connectivity index (χ1) is 6.67. The number of ether oxygens (including phenoxy) is 1. The smallest absolute Gasteiger partial charge is 0.311 e. The molecule has 1 fully saturated rings. The summed E-state index contributed by atoms with van der Waals surface area (Å²) < 4.78 is 4.93. The summed E-state index contributed by atoms with van der Waals surface area (Å²) in [7, 11) is 1.63. The summed E-state index contributed by atoms with van der Waals surface area (Å²) in [5, 5.41) is 9.21. The Kier molecular flexibility index (Phi) is 3.89. The van der Waals surface area contributed by atoms with Crippen molar-refractivity contribution in [3.63, 3.8) is 0 Å². The van der Waals surface area contributed by atoms with Crippen LogP contribution in [0.2, 0.25) is 0 Å². The largest absolute Gasteiger partial charge is 0.481 e. The summed E-state index contributed by atoms with van der Waals surface area (Å²) in [4.78, 5) is 11.2. The second-order valence-electron chi connectivity index (χ2n) is 4.04. The van der Waals surface area contributed by atoms with Crippen molar-refractivity contribution >= 4 is 5.97 Å². The van der Waals surface area contributed by atoms with Crippen molar-refractivity contribution in [3.05, 3.63) is 0 Å². The molecule has 0 heterocycles. The predicted octanol–water partition coefficient (Wildman–Crippen LogP) is 0.853. The molecule has 0 aliphatic heterocycles. The van der Waals surface area contributed by atoms with Crippen LogP contribution in [0.1, 0.15) is 25.7 Å². The molecule has 1 unspecified atom stereocenters. The van der Waals surface area contributed by atoms with Crippen molar-refractivity contribution in [3.8, 4) is 0 Å². The van der Waals surface area contributed by atoms with Crippen LogP contribution in [0.3, 0.4) is 0 Å². The van der Waals surface area contributed by atoms with Crippen LogP contribution in [0.5, 0.6) is 0 Å². The van der Waals surface area contributed by atoms with E-state index in [2.05, 4.69) is 0 Å².